The predicted octanol–water partition coefficient (Wildman–Crippen LogP) is 3.07. The fourth-order valence-corrected chi connectivity index (χ4v) is 2.97. The minimum absolute atomic E-state index is 0.751. The normalized spacial score (nSPS) is 25.3. The molecular formula is C15H24N2. The monoisotopic (exact) mass is 232 g/mol. The van der Waals surface area contributed by atoms with Gasteiger partial charge in [0.05, 0.1) is 0 Å². The van der Waals surface area contributed by atoms with Crippen molar-refractivity contribution in [2.75, 3.05) is 12.3 Å². The lowest BCUT2D eigenvalue weighted by Crippen LogP contribution is -2.35. The summed E-state index contributed by atoms with van der Waals surface area (Å²) in [5.41, 5.74) is 8.05. The van der Waals surface area contributed by atoms with E-state index in [4.69, 9.17) is 5.73 Å². The molecule has 0 spiro atoms. The lowest BCUT2D eigenvalue weighted by atomic mass is 10.1. The van der Waals surface area contributed by atoms with Crippen LogP contribution in [-0.4, -0.2) is 23.5 Å². The van der Waals surface area contributed by atoms with E-state index >= 15 is 0 Å². The third-order valence-corrected chi connectivity index (χ3v) is 4.03. The molecule has 1 aliphatic heterocycles. The van der Waals surface area contributed by atoms with Crippen molar-refractivity contribution < 1.29 is 0 Å². The number of anilines is 1. The number of benzene rings is 1. The first kappa shape index (κ1) is 12.4. The van der Waals surface area contributed by atoms with E-state index in [0.29, 0.717) is 0 Å². The summed E-state index contributed by atoms with van der Waals surface area (Å²) in [6.45, 7) is 5.83. The highest BCUT2D eigenvalue weighted by Gasteiger charge is 2.28. The van der Waals surface area contributed by atoms with E-state index in [1.54, 1.807) is 0 Å². The molecule has 0 amide bonds. The molecule has 0 aromatic heterocycles. The van der Waals surface area contributed by atoms with Gasteiger partial charge in [-0.05, 0) is 50.3 Å². The fraction of sp³-hybridized carbons (Fsp3) is 0.600. The molecule has 2 atom stereocenters. The average Bonchev–Trinajstić information content (AvgIpc) is 2.67. The predicted molar refractivity (Wildman–Crippen MR) is 74.0 cm³/mol. The van der Waals surface area contributed by atoms with E-state index in [1.165, 1.54) is 31.4 Å². The summed E-state index contributed by atoms with van der Waals surface area (Å²) in [5.74, 6) is 0. The Morgan fingerprint density at radius 2 is 2.18 bits per heavy atom. The molecule has 2 unspecified atom stereocenters. The van der Waals surface area contributed by atoms with Crippen molar-refractivity contribution in [3.8, 4) is 0 Å². The molecule has 2 rings (SSSR count). The van der Waals surface area contributed by atoms with Crippen LogP contribution >= 0.6 is 0 Å². The van der Waals surface area contributed by atoms with E-state index in [1.807, 2.05) is 6.07 Å². The first-order valence-corrected chi connectivity index (χ1v) is 6.81. The molecule has 2 nitrogen and oxygen atoms in total. The maximum Gasteiger partial charge on any atom is 0.0316 e. The molecule has 1 aromatic rings. The van der Waals surface area contributed by atoms with Gasteiger partial charge in [-0.2, -0.15) is 0 Å². The highest BCUT2D eigenvalue weighted by molar-refractivity contribution is 5.40. The van der Waals surface area contributed by atoms with Crippen molar-refractivity contribution in [3.63, 3.8) is 0 Å². The highest BCUT2D eigenvalue weighted by Crippen LogP contribution is 2.26. The summed E-state index contributed by atoms with van der Waals surface area (Å²) < 4.78 is 0. The molecule has 17 heavy (non-hydrogen) atoms. The molecule has 1 aromatic carbocycles. The van der Waals surface area contributed by atoms with Crippen molar-refractivity contribution in [2.24, 2.45) is 0 Å². The zero-order valence-electron chi connectivity index (χ0n) is 11.0. The number of hydrogen-bond acceptors (Lipinski definition) is 2. The minimum atomic E-state index is 0.751. The van der Waals surface area contributed by atoms with Crippen LogP contribution < -0.4 is 5.73 Å². The van der Waals surface area contributed by atoms with Gasteiger partial charge in [0.1, 0.15) is 0 Å². The van der Waals surface area contributed by atoms with Gasteiger partial charge in [-0.25, -0.2) is 0 Å². The Balaban J connectivity index is 1.93. The quantitative estimate of drug-likeness (QED) is 0.808. The number of rotatable bonds is 4. The Kier molecular flexibility index (Phi) is 4.06. The Hall–Kier alpha value is -1.02. The first-order chi connectivity index (χ1) is 8.20. The third-order valence-electron chi connectivity index (χ3n) is 4.03. The molecule has 1 heterocycles. The van der Waals surface area contributed by atoms with E-state index in [9.17, 15) is 0 Å². The maximum absolute atomic E-state index is 5.81. The zero-order valence-corrected chi connectivity index (χ0v) is 11.0. The summed E-state index contributed by atoms with van der Waals surface area (Å²) >= 11 is 0. The van der Waals surface area contributed by atoms with Gasteiger partial charge in [0.2, 0.25) is 0 Å². The molecule has 1 fully saturated rings. The second-order valence-electron chi connectivity index (χ2n) is 5.22. The number of nitrogens with zero attached hydrogens (tertiary/aromatic N) is 1. The summed E-state index contributed by atoms with van der Waals surface area (Å²) in [6.07, 6.45) is 5.12. The van der Waals surface area contributed by atoms with Crippen molar-refractivity contribution in [1.82, 2.24) is 4.90 Å². The highest BCUT2D eigenvalue weighted by atomic mass is 15.2. The SMILES string of the molecule is CCC1CCC(C)N1CCc1cccc(N)c1. The first-order valence-electron chi connectivity index (χ1n) is 6.81. The second kappa shape index (κ2) is 5.54. The van der Waals surface area contributed by atoms with Gasteiger partial charge in [0.15, 0.2) is 0 Å². The van der Waals surface area contributed by atoms with Crippen LogP contribution in [0, 0.1) is 0 Å². The Labute approximate surface area is 105 Å². The van der Waals surface area contributed by atoms with Crippen molar-refractivity contribution >= 4 is 5.69 Å². The standard InChI is InChI=1S/C15H24N2/c1-3-15-8-7-12(2)17(15)10-9-13-5-4-6-14(16)11-13/h4-6,11-12,15H,3,7-10,16H2,1-2H3. The zero-order chi connectivity index (χ0) is 12.3. The smallest absolute Gasteiger partial charge is 0.0316 e. The molecular weight excluding hydrogens is 208 g/mol. The third kappa shape index (κ3) is 3.01. The molecule has 1 saturated heterocycles. The van der Waals surface area contributed by atoms with Gasteiger partial charge in [-0.1, -0.05) is 19.1 Å². The topological polar surface area (TPSA) is 29.3 Å². The number of nitrogen functional groups attached to an aromatic ring is 1. The molecule has 0 aliphatic carbocycles. The molecule has 0 bridgehead atoms. The van der Waals surface area contributed by atoms with Crippen LogP contribution in [0.1, 0.15) is 38.7 Å². The fourth-order valence-electron chi connectivity index (χ4n) is 2.97. The van der Waals surface area contributed by atoms with Gasteiger partial charge in [-0.15, -0.1) is 0 Å². The summed E-state index contributed by atoms with van der Waals surface area (Å²) in [7, 11) is 0. The molecule has 0 saturated carbocycles. The van der Waals surface area contributed by atoms with Crippen molar-refractivity contribution in [1.29, 1.82) is 0 Å². The molecule has 94 valence electrons. The maximum atomic E-state index is 5.81. The Morgan fingerprint density at radius 1 is 1.35 bits per heavy atom. The Morgan fingerprint density at radius 3 is 2.88 bits per heavy atom. The van der Waals surface area contributed by atoms with E-state index in [-0.39, 0.29) is 0 Å². The van der Waals surface area contributed by atoms with Crippen LogP contribution in [0.5, 0.6) is 0 Å². The number of hydrogen-bond donors (Lipinski definition) is 1. The lowest BCUT2D eigenvalue weighted by Gasteiger charge is -2.27. The van der Waals surface area contributed by atoms with Crippen LogP contribution in [0.4, 0.5) is 5.69 Å². The van der Waals surface area contributed by atoms with Gasteiger partial charge in [-0.3, -0.25) is 4.90 Å². The molecule has 0 radical (unpaired) electrons. The van der Waals surface area contributed by atoms with Crippen LogP contribution in [0.15, 0.2) is 24.3 Å². The van der Waals surface area contributed by atoms with Crippen LogP contribution in [0.2, 0.25) is 0 Å². The Bertz CT molecular complexity index is 362. The van der Waals surface area contributed by atoms with Crippen LogP contribution in [-0.2, 0) is 6.42 Å². The lowest BCUT2D eigenvalue weighted by molar-refractivity contribution is 0.201. The van der Waals surface area contributed by atoms with Gasteiger partial charge in [0, 0.05) is 24.3 Å². The minimum Gasteiger partial charge on any atom is -0.399 e. The van der Waals surface area contributed by atoms with Gasteiger partial charge >= 0.3 is 0 Å². The molecule has 2 N–H and O–H groups in total. The van der Waals surface area contributed by atoms with E-state index < -0.39 is 0 Å². The van der Waals surface area contributed by atoms with Crippen molar-refractivity contribution in [3.05, 3.63) is 29.8 Å². The van der Waals surface area contributed by atoms with E-state index in [0.717, 1.165) is 24.2 Å². The van der Waals surface area contributed by atoms with E-state index in [2.05, 4.69) is 36.9 Å². The average molecular weight is 232 g/mol. The number of likely N-dealkylation sites (tertiary alicyclic amines) is 1. The van der Waals surface area contributed by atoms with Crippen LogP contribution in [0.25, 0.3) is 0 Å². The number of nitrogens with two attached hydrogens (primary N) is 1. The summed E-state index contributed by atoms with van der Waals surface area (Å²) in [5, 5.41) is 0. The van der Waals surface area contributed by atoms with Crippen molar-refractivity contribution in [2.45, 2.75) is 51.6 Å². The largest absolute Gasteiger partial charge is 0.399 e. The van der Waals surface area contributed by atoms with Crippen LogP contribution in [0.3, 0.4) is 0 Å². The molecule has 1 aliphatic rings. The summed E-state index contributed by atoms with van der Waals surface area (Å²) in [6, 6.07) is 9.83. The molecule has 2 heteroatoms. The van der Waals surface area contributed by atoms with Gasteiger partial charge < -0.3 is 5.73 Å². The summed E-state index contributed by atoms with van der Waals surface area (Å²) in [4.78, 5) is 2.67. The second-order valence-corrected chi connectivity index (χ2v) is 5.22. The van der Waals surface area contributed by atoms with Gasteiger partial charge in [0.25, 0.3) is 0 Å².